The molecule has 1 fully saturated rings. The molecule has 3 rings (SSSR count). The largest absolute Gasteiger partial charge is 0.469 e. The molecule has 1 aliphatic carbocycles. The molecule has 0 spiro atoms. The Morgan fingerprint density at radius 3 is 2.38 bits per heavy atom. The molecule has 1 aromatic carbocycles. The molecule has 0 bridgehead atoms. The number of aromatic nitrogens is 1. The van der Waals surface area contributed by atoms with Gasteiger partial charge in [0.2, 0.25) is 5.88 Å². The maximum Gasteiger partial charge on any atom is 0.270 e. The predicted molar refractivity (Wildman–Crippen MR) is 117 cm³/mol. The molecule has 172 valence electrons. The Balaban J connectivity index is 0.000000636. The van der Waals surface area contributed by atoms with E-state index in [-0.39, 0.29) is 24.6 Å². The third-order valence-corrected chi connectivity index (χ3v) is 4.57. The van der Waals surface area contributed by atoms with Gasteiger partial charge in [0.1, 0.15) is 6.61 Å². The zero-order valence-corrected chi connectivity index (χ0v) is 18.1. The lowest BCUT2D eigenvalue weighted by molar-refractivity contribution is 0.0174. The molecule has 1 aliphatic rings. The summed E-state index contributed by atoms with van der Waals surface area (Å²) in [7, 11) is 0. The summed E-state index contributed by atoms with van der Waals surface area (Å²) in [6.07, 6.45) is 4.31. The number of nitrogens with one attached hydrogen (secondary N) is 2. The van der Waals surface area contributed by atoms with Gasteiger partial charge in [-0.25, -0.2) is 19.3 Å². The van der Waals surface area contributed by atoms with Gasteiger partial charge in [0.05, 0.1) is 5.71 Å². The molecular weight excluding hydrogens is 418 g/mol. The Morgan fingerprint density at radius 2 is 1.91 bits per heavy atom. The van der Waals surface area contributed by atoms with Gasteiger partial charge < -0.3 is 15.3 Å². The van der Waals surface area contributed by atoms with Crippen molar-refractivity contribution in [2.75, 3.05) is 13.2 Å². The highest BCUT2D eigenvalue weighted by molar-refractivity contribution is 5.98. The number of rotatable bonds is 9. The highest BCUT2D eigenvalue weighted by Gasteiger charge is 2.23. The minimum absolute atomic E-state index is 0.0501. The van der Waals surface area contributed by atoms with Crippen LogP contribution in [0.25, 0.3) is 0 Å². The summed E-state index contributed by atoms with van der Waals surface area (Å²) in [4.78, 5) is 9.34. The number of alkyl halides is 2. The highest BCUT2D eigenvalue weighted by atomic mass is 19.3. The van der Waals surface area contributed by atoms with E-state index in [2.05, 4.69) is 15.3 Å². The quantitative estimate of drug-likeness (QED) is 0.219. The average Bonchev–Trinajstić information content (AvgIpc) is 3.62. The van der Waals surface area contributed by atoms with E-state index in [1.165, 1.54) is 31.2 Å². The fourth-order valence-corrected chi connectivity index (χ4v) is 2.36. The van der Waals surface area contributed by atoms with Crippen LogP contribution in [0.4, 0.5) is 8.78 Å². The first-order chi connectivity index (χ1) is 15.2. The summed E-state index contributed by atoms with van der Waals surface area (Å²) < 4.78 is 31.5. The van der Waals surface area contributed by atoms with Crippen molar-refractivity contribution in [1.82, 2.24) is 4.98 Å². The molecule has 0 unspecified atom stereocenters. The molecule has 0 saturated heterocycles. The lowest BCUT2D eigenvalue weighted by Gasteiger charge is -2.10. The zero-order valence-electron chi connectivity index (χ0n) is 18.1. The number of oxime groups is 1. The van der Waals surface area contributed by atoms with E-state index < -0.39 is 5.92 Å². The molecule has 0 atom stereocenters. The van der Waals surface area contributed by atoms with E-state index in [1.807, 2.05) is 0 Å². The van der Waals surface area contributed by atoms with Crippen LogP contribution in [-0.4, -0.2) is 29.7 Å². The van der Waals surface area contributed by atoms with Crippen LogP contribution in [0.3, 0.4) is 0 Å². The van der Waals surface area contributed by atoms with Gasteiger partial charge in [-0.3, -0.25) is 5.41 Å². The van der Waals surface area contributed by atoms with Crippen LogP contribution in [0.5, 0.6) is 5.88 Å². The van der Waals surface area contributed by atoms with Crippen molar-refractivity contribution in [3.8, 4) is 5.88 Å². The van der Waals surface area contributed by atoms with Crippen molar-refractivity contribution in [2.45, 2.75) is 39.2 Å². The van der Waals surface area contributed by atoms with Crippen molar-refractivity contribution in [3.63, 3.8) is 0 Å². The van der Waals surface area contributed by atoms with Gasteiger partial charge in [0.15, 0.2) is 12.4 Å². The number of ether oxygens (including phenoxy) is 1. The summed E-state index contributed by atoms with van der Waals surface area (Å²) in [5.41, 5.74) is 13.9. The van der Waals surface area contributed by atoms with Gasteiger partial charge in [0, 0.05) is 30.3 Å². The fourth-order valence-electron chi connectivity index (χ4n) is 2.36. The van der Waals surface area contributed by atoms with Crippen LogP contribution < -0.4 is 10.5 Å². The number of amidine groups is 1. The standard InChI is InChI=1S/C18H19F2N5O2.C4H9N/c1-12(14-5-8-17(23-9-14)26-11-16(21)24-22)25-27-10-13-3-6-15(7-4-13)18(2,19)20;5-3-4-1-2-4/h3-9,21-22H,10-11H2,1-2H3;4H,1-3,5H2/b21-16?,24-22?,25-12+;. The average molecular weight is 447 g/mol. The molecule has 8 nitrogen and oxygen atoms in total. The fraction of sp³-hybridized carbons (Fsp3) is 0.409. The SMILES string of the molecule is C/C(=N\OCc1ccc(C(C)(F)F)cc1)c1ccc(OCC(=N)N=N)nc1.NCC1CC1. The van der Waals surface area contributed by atoms with E-state index in [9.17, 15) is 8.78 Å². The summed E-state index contributed by atoms with van der Waals surface area (Å²) in [6.45, 7) is 3.54. The summed E-state index contributed by atoms with van der Waals surface area (Å²) >= 11 is 0. The maximum absolute atomic E-state index is 13.2. The first-order valence-electron chi connectivity index (χ1n) is 10.1. The number of benzene rings is 1. The molecule has 10 heteroatoms. The van der Waals surface area contributed by atoms with Gasteiger partial charge in [-0.15, -0.1) is 5.11 Å². The van der Waals surface area contributed by atoms with Crippen LogP contribution >= 0.6 is 0 Å². The Bertz CT molecular complexity index is 908. The Morgan fingerprint density at radius 1 is 1.22 bits per heavy atom. The molecule has 1 aromatic heterocycles. The normalized spacial score (nSPS) is 13.6. The van der Waals surface area contributed by atoms with Crippen molar-refractivity contribution in [1.29, 1.82) is 10.9 Å². The Hall–Kier alpha value is -3.27. The van der Waals surface area contributed by atoms with E-state index in [1.54, 1.807) is 31.2 Å². The minimum atomic E-state index is -2.87. The Kier molecular flexibility index (Phi) is 9.33. The van der Waals surface area contributed by atoms with E-state index in [0.29, 0.717) is 17.2 Å². The second-order valence-corrected chi connectivity index (χ2v) is 7.45. The van der Waals surface area contributed by atoms with Crippen LogP contribution in [0, 0.1) is 16.9 Å². The van der Waals surface area contributed by atoms with Gasteiger partial charge >= 0.3 is 0 Å². The predicted octanol–water partition coefficient (Wildman–Crippen LogP) is 4.88. The second kappa shape index (κ2) is 11.9. The van der Waals surface area contributed by atoms with E-state index >= 15 is 0 Å². The lowest BCUT2D eigenvalue weighted by Crippen LogP contribution is -2.08. The van der Waals surface area contributed by atoms with Gasteiger partial charge in [-0.2, -0.15) is 0 Å². The molecule has 0 radical (unpaired) electrons. The smallest absolute Gasteiger partial charge is 0.270 e. The maximum atomic E-state index is 13.2. The number of hydrogen-bond acceptors (Lipinski definition) is 7. The number of halogens is 2. The van der Waals surface area contributed by atoms with E-state index in [0.717, 1.165) is 24.9 Å². The lowest BCUT2D eigenvalue weighted by atomic mass is 10.1. The third-order valence-electron chi connectivity index (χ3n) is 4.57. The first kappa shape index (κ1) is 25.0. The molecule has 0 aliphatic heterocycles. The summed E-state index contributed by atoms with van der Waals surface area (Å²) in [5.74, 6) is -1.86. The molecular formula is C22H28F2N6O2. The van der Waals surface area contributed by atoms with Crippen LogP contribution in [-0.2, 0) is 17.4 Å². The summed E-state index contributed by atoms with van der Waals surface area (Å²) in [6, 6.07) is 9.22. The van der Waals surface area contributed by atoms with Crippen molar-refractivity contribution in [2.24, 2.45) is 21.9 Å². The molecule has 0 amide bonds. The number of nitrogens with zero attached hydrogens (tertiary/aromatic N) is 3. The van der Waals surface area contributed by atoms with Crippen LogP contribution in [0.15, 0.2) is 52.9 Å². The van der Waals surface area contributed by atoms with Crippen LogP contribution in [0.1, 0.15) is 43.4 Å². The van der Waals surface area contributed by atoms with Gasteiger partial charge in [-0.05, 0) is 43.9 Å². The van der Waals surface area contributed by atoms with Crippen molar-refractivity contribution in [3.05, 3.63) is 59.3 Å². The summed E-state index contributed by atoms with van der Waals surface area (Å²) in [5, 5.41) is 14.1. The molecule has 1 heterocycles. The second-order valence-electron chi connectivity index (χ2n) is 7.45. The third kappa shape index (κ3) is 8.84. The van der Waals surface area contributed by atoms with Crippen LogP contribution in [0.2, 0.25) is 0 Å². The number of hydrogen-bond donors (Lipinski definition) is 3. The van der Waals surface area contributed by atoms with Gasteiger partial charge in [0.25, 0.3) is 5.92 Å². The minimum Gasteiger partial charge on any atom is -0.469 e. The van der Waals surface area contributed by atoms with Crippen molar-refractivity contribution >= 4 is 11.5 Å². The van der Waals surface area contributed by atoms with Gasteiger partial charge in [-0.1, -0.05) is 29.4 Å². The molecule has 2 aromatic rings. The van der Waals surface area contributed by atoms with Crippen molar-refractivity contribution < 1.29 is 18.4 Å². The molecule has 32 heavy (non-hydrogen) atoms. The zero-order chi connectivity index (χ0) is 23.6. The topological polar surface area (TPSA) is 130 Å². The van der Waals surface area contributed by atoms with E-state index in [4.69, 9.17) is 26.2 Å². The molecule has 4 N–H and O–H groups in total. The highest BCUT2D eigenvalue weighted by Crippen LogP contribution is 2.27. The first-order valence-corrected chi connectivity index (χ1v) is 10.1. The monoisotopic (exact) mass is 446 g/mol. The number of nitrogens with two attached hydrogens (primary N) is 1. The number of pyridine rings is 1. The Labute approximate surface area is 185 Å². The molecule has 1 saturated carbocycles.